The van der Waals surface area contributed by atoms with Crippen molar-refractivity contribution in [3.63, 3.8) is 0 Å². The fourth-order valence-electron chi connectivity index (χ4n) is 0.564. The molecule has 0 heterocycles. The monoisotopic (exact) mass is 148 g/mol. The molecule has 0 aliphatic rings. The zero-order valence-electron chi connectivity index (χ0n) is 5.98. The van der Waals surface area contributed by atoms with Gasteiger partial charge < -0.3 is 15.3 Å². The molecule has 0 aliphatic heterocycles. The first-order valence-electron chi connectivity index (χ1n) is 3.05. The molecule has 0 aliphatic carbocycles. The molecule has 60 valence electrons. The predicted molar refractivity (Wildman–Crippen MR) is 34.5 cm³/mol. The van der Waals surface area contributed by atoms with Crippen molar-refractivity contribution in [2.45, 2.75) is 26.1 Å². The predicted octanol–water partition coefficient (Wildman–Crippen LogP) is -0.551. The lowest BCUT2D eigenvalue weighted by Gasteiger charge is -2.16. The number of aliphatic carboxylic acids is 1. The van der Waals surface area contributed by atoms with Gasteiger partial charge in [0.2, 0.25) is 0 Å². The van der Waals surface area contributed by atoms with Gasteiger partial charge in [0, 0.05) is 0 Å². The Labute approximate surface area is 59.1 Å². The van der Waals surface area contributed by atoms with E-state index in [0.29, 0.717) is 0 Å². The summed E-state index contributed by atoms with van der Waals surface area (Å²) in [6.45, 7) is 2.70. The lowest BCUT2D eigenvalue weighted by molar-refractivity contribution is -0.147. The Kier molecular flexibility index (Phi) is 3.32. The Hall–Kier alpha value is -0.610. The molecular formula is C6H12O4. The molecule has 0 amide bonds. The summed E-state index contributed by atoms with van der Waals surface area (Å²) in [5, 5.41) is 26.0. The highest BCUT2D eigenvalue weighted by atomic mass is 16.4. The van der Waals surface area contributed by atoms with E-state index in [1.54, 1.807) is 0 Å². The number of carboxylic acid groups (broad SMARTS) is 1. The minimum absolute atomic E-state index is 0.917. The molecule has 3 unspecified atom stereocenters. The number of hydrogen-bond donors (Lipinski definition) is 3. The molecule has 3 atom stereocenters. The molecule has 0 spiro atoms. The van der Waals surface area contributed by atoms with Crippen LogP contribution in [0.4, 0.5) is 0 Å². The van der Waals surface area contributed by atoms with Gasteiger partial charge in [0.1, 0.15) is 0 Å². The molecule has 0 radical (unpaired) electrons. The highest BCUT2D eigenvalue weighted by Gasteiger charge is 2.24. The standard InChI is InChI=1S/C6H12O4/c1-3(6(9)10)5(8)4(2)7/h3-5,7-8H,1-2H3,(H,9,10). The Morgan fingerprint density at radius 1 is 1.30 bits per heavy atom. The maximum Gasteiger partial charge on any atom is 0.308 e. The number of aliphatic hydroxyl groups is 2. The van der Waals surface area contributed by atoms with E-state index in [9.17, 15) is 4.79 Å². The summed E-state index contributed by atoms with van der Waals surface area (Å²) < 4.78 is 0. The van der Waals surface area contributed by atoms with Gasteiger partial charge in [-0.2, -0.15) is 0 Å². The zero-order chi connectivity index (χ0) is 8.31. The summed E-state index contributed by atoms with van der Waals surface area (Å²) in [5.74, 6) is -2.02. The molecule has 10 heavy (non-hydrogen) atoms. The third kappa shape index (κ3) is 2.33. The highest BCUT2D eigenvalue weighted by Crippen LogP contribution is 2.06. The smallest absolute Gasteiger partial charge is 0.308 e. The maximum absolute atomic E-state index is 10.2. The van der Waals surface area contributed by atoms with Crippen molar-refractivity contribution in [2.75, 3.05) is 0 Å². The molecule has 0 aromatic heterocycles. The lowest BCUT2D eigenvalue weighted by atomic mass is 10.0. The van der Waals surface area contributed by atoms with Crippen LogP contribution in [0.3, 0.4) is 0 Å². The van der Waals surface area contributed by atoms with E-state index in [0.717, 1.165) is 0 Å². The van der Waals surface area contributed by atoms with Crippen molar-refractivity contribution in [2.24, 2.45) is 5.92 Å². The normalized spacial score (nSPS) is 19.6. The van der Waals surface area contributed by atoms with Gasteiger partial charge in [0.15, 0.2) is 0 Å². The van der Waals surface area contributed by atoms with Gasteiger partial charge in [-0.25, -0.2) is 0 Å². The number of aliphatic hydroxyl groups excluding tert-OH is 2. The average Bonchev–Trinajstić information content (AvgIpc) is 1.84. The van der Waals surface area contributed by atoms with Crippen LogP contribution in [0.5, 0.6) is 0 Å². The Morgan fingerprint density at radius 3 is 1.80 bits per heavy atom. The second-order valence-electron chi connectivity index (χ2n) is 2.36. The molecule has 0 fully saturated rings. The van der Waals surface area contributed by atoms with E-state index in [1.807, 2.05) is 0 Å². The Balaban J connectivity index is 3.94. The number of hydrogen-bond acceptors (Lipinski definition) is 3. The number of rotatable bonds is 3. The van der Waals surface area contributed by atoms with Crippen LogP contribution in [0.25, 0.3) is 0 Å². The Bertz CT molecular complexity index is 121. The van der Waals surface area contributed by atoms with Crippen LogP contribution in [0.2, 0.25) is 0 Å². The first-order valence-corrected chi connectivity index (χ1v) is 3.05. The van der Waals surface area contributed by atoms with Crippen LogP contribution < -0.4 is 0 Å². The minimum Gasteiger partial charge on any atom is -0.481 e. The van der Waals surface area contributed by atoms with E-state index in [2.05, 4.69) is 0 Å². The van der Waals surface area contributed by atoms with Gasteiger partial charge in [0.05, 0.1) is 18.1 Å². The van der Waals surface area contributed by atoms with E-state index in [4.69, 9.17) is 15.3 Å². The van der Waals surface area contributed by atoms with E-state index in [1.165, 1.54) is 13.8 Å². The quantitative estimate of drug-likeness (QED) is 0.501. The first-order chi connectivity index (χ1) is 4.46. The van der Waals surface area contributed by atoms with Crippen LogP contribution in [-0.4, -0.2) is 33.5 Å². The highest BCUT2D eigenvalue weighted by molar-refractivity contribution is 5.70. The van der Waals surface area contributed by atoms with Crippen LogP contribution >= 0.6 is 0 Å². The van der Waals surface area contributed by atoms with Crippen molar-refractivity contribution in [1.82, 2.24) is 0 Å². The first kappa shape index (κ1) is 9.39. The molecule has 0 saturated carbocycles. The summed E-state index contributed by atoms with van der Waals surface area (Å²) in [6.07, 6.45) is -2.18. The molecule has 4 nitrogen and oxygen atoms in total. The van der Waals surface area contributed by atoms with Crippen LogP contribution in [0.15, 0.2) is 0 Å². The van der Waals surface area contributed by atoms with Gasteiger partial charge in [-0.05, 0) is 13.8 Å². The molecular weight excluding hydrogens is 136 g/mol. The molecule has 4 heteroatoms. The van der Waals surface area contributed by atoms with Gasteiger partial charge in [-0.3, -0.25) is 4.79 Å². The van der Waals surface area contributed by atoms with Gasteiger partial charge in [-0.15, -0.1) is 0 Å². The molecule has 3 N–H and O–H groups in total. The molecule has 0 rings (SSSR count). The lowest BCUT2D eigenvalue weighted by Crippen LogP contribution is -2.34. The van der Waals surface area contributed by atoms with Gasteiger partial charge in [0.25, 0.3) is 0 Å². The third-order valence-corrected chi connectivity index (χ3v) is 1.40. The fourth-order valence-corrected chi connectivity index (χ4v) is 0.564. The van der Waals surface area contributed by atoms with Crippen molar-refractivity contribution in [3.05, 3.63) is 0 Å². The van der Waals surface area contributed by atoms with Crippen molar-refractivity contribution in [3.8, 4) is 0 Å². The third-order valence-electron chi connectivity index (χ3n) is 1.40. The number of carbonyl (C=O) groups is 1. The summed E-state index contributed by atoms with van der Waals surface area (Å²) in [7, 11) is 0. The van der Waals surface area contributed by atoms with Crippen LogP contribution in [-0.2, 0) is 4.79 Å². The minimum atomic E-state index is -1.18. The zero-order valence-corrected chi connectivity index (χ0v) is 5.98. The fraction of sp³-hybridized carbons (Fsp3) is 0.833. The van der Waals surface area contributed by atoms with Crippen LogP contribution in [0.1, 0.15) is 13.8 Å². The van der Waals surface area contributed by atoms with Crippen molar-refractivity contribution in [1.29, 1.82) is 0 Å². The summed E-state index contributed by atoms with van der Waals surface area (Å²) in [4.78, 5) is 10.2. The summed E-state index contributed by atoms with van der Waals surface area (Å²) in [6, 6.07) is 0. The average molecular weight is 148 g/mol. The second kappa shape index (κ2) is 3.53. The largest absolute Gasteiger partial charge is 0.481 e. The second-order valence-corrected chi connectivity index (χ2v) is 2.36. The Morgan fingerprint density at radius 2 is 1.70 bits per heavy atom. The molecule has 0 aromatic rings. The van der Waals surface area contributed by atoms with E-state index >= 15 is 0 Å². The van der Waals surface area contributed by atoms with Crippen molar-refractivity contribution >= 4 is 5.97 Å². The SMILES string of the molecule is CC(O)C(O)C(C)C(=O)O. The van der Waals surface area contributed by atoms with E-state index < -0.39 is 24.1 Å². The summed E-state index contributed by atoms with van der Waals surface area (Å²) in [5.41, 5.74) is 0. The van der Waals surface area contributed by atoms with Crippen LogP contribution in [0, 0.1) is 5.92 Å². The van der Waals surface area contributed by atoms with Crippen molar-refractivity contribution < 1.29 is 20.1 Å². The maximum atomic E-state index is 10.2. The molecule has 0 aromatic carbocycles. The van der Waals surface area contributed by atoms with E-state index in [-0.39, 0.29) is 0 Å². The summed E-state index contributed by atoms with van der Waals surface area (Å²) >= 11 is 0. The topological polar surface area (TPSA) is 77.8 Å². The molecule has 0 bridgehead atoms. The van der Waals surface area contributed by atoms with Gasteiger partial charge in [-0.1, -0.05) is 0 Å². The molecule has 0 saturated heterocycles. The number of carboxylic acids is 1. The van der Waals surface area contributed by atoms with Gasteiger partial charge >= 0.3 is 5.97 Å².